The zero-order chi connectivity index (χ0) is 9.97. The molecule has 0 radical (unpaired) electrons. The maximum Gasteiger partial charge on any atom is 0.268 e. The van der Waals surface area contributed by atoms with Crippen LogP contribution in [0.2, 0.25) is 0 Å². The van der Waals surface area contributed by atoms with Crippen LogP contribution in [0.4, 0.5) is 0 Å². The summed E-state index contributed by atoms with van der Waals surface area (Å²) >= 11 is 1.66. The van der Waals surface area contributed by atoms with Gasteiger partial charge in [-0.3, -0.25) is 14.6 Å². The van der Waals surface area contributed by atoms with Crippen LogP contribution in [0.1, 0.15) is 6.92 Å². The summed E-state index contributed by atoms with van der Waals surface area (Å²) < 4.78 is 0. The van der Waals surface area contributed by atoms with E-state index in [0.717, 1.165) is 17.5 Å². The van der Waals surface area contributed by atoms with Gasteiger partial charge in [-0.25, -0.2) is 5.48 Å². The SMILES string of the molecule is CC1CN=C(NC2CONC2=O)SC1. The number of hydroxylamine groups is 1. The molecular weight excluding hydrogens is 202 g/mol. The van der Waals surface area contributed by atoms with Crippen molar-refractivity contribution >= 4 is 22.8 Å². The average Bonchev–Trinajstić information content (AvgIpc) is 2.56. The van der Waals surface area contributed by atoms with Gasteiger partial charge >= 0.3 is 0 Å². The van der Waals surface area contributed by atoms with Crippen LogP contribution in [0.3, 0.4) is 0 Å². The molecule has 78 valence electrons. The predicted molar refractivity (Wildman–Crippen MR) is 54.9 cm³/mol. The Labute approximate surface area is 86.6 Å². The largest absolute Gasteiger partial charge is 0.351 e. The van der Waals surface area contributed by atoms with E-state index in [1.165, 1.54) is 0 Å². The van der Waals surface area contributed by atoms with Crippen molar-refractivity contribution in [1.29, 1.82) is 0 Å². The fourth-order valence-electron chi connectivity index (χ4n) is 1.24. The molecule has 6 heteroatoms. The van der Waals surface area contributed by atoms with Crippen molar-refractivity contribution in [3.63, 3.8) is 0 Å². The van der Waals surface area contributed by atoms with Crippen molar-refractivity contribution in [2.24, 2.45) is 10.9 Å². The van der Waals surface area contributed by atoms with Crippen molar-refractivity contribution in [3.05, 3.63) is 0 Å². The standard InChI is InChI=1S/C8H13N3O2S/c1-5-2-9-8(14-4-5)10-6-3-13-11-7(6)12/h5-6H,2-4H2,1H3,(H,9,10)(H,11,12). The third-order valence-electron chi connectivity index (χ3n) is 2.09. The molecule has 5 nitrogen and oxygen atoms in total. The van der Waals surface area contributed by atoms with Gasteiger partial charge in [-0.05, 0) is 5.92 Å². The molecule has 1 amide bonds. The van der Waals surface area contributed by atoms with E-state index in [9.17, 15) is 4.79 Å². The third-order valence-corrected chi connectivity index (χ3v) is 3.34. The Morgan fingerprint density at radius 1 is 1.71 bits per heavy atom. The zero-order valence-electron chi connectivity index (χ0n) is 7.95. The number of hydrogen-bond donors (Lipinski definition) is 2. The molecule has 0 saturated carbocycles. The van der Waals surface area contributed by atoms with Crippen LogP contribution >= 0.6 is 11.8 Å². The lowest BCUT2D eigenvalue weighted by atomic mass is 10.2. The summed E-state index contributed by atoms with van der Waals surface area (Å²) in [6.07, 6.45) is 0. The summed E-state index contributed by atoms with van der Waals surface area (Å²) in [6, 6.07) is -0.283. The molecule has 2 aliphatic rings. The highest BCUT2D eigenvalue weighted by molar-refractivity contribution is 8.13. The Bertz CT molecular complexity index is 269. The molecule has 2 heterocycles. The molecule has 0 spiro atoms. The lowest BCUT2D eigenvalue weighted by Crippen LogP contribution is -2.41. The molecule has 0 aromatic heterocycles. The lowest BCUT2D eigenvalue weighted by Gasteiger charge is -2.19. The number of hydrogen-bond acceptors (Lipinski definition) is 5. The van der Waals surface area contributed by atoms with Crippen molar-refractivity contribution in [3.8, 4) is 0 Å². The number of nitrogens with zero attached hydrogens (tertiary/aromatic N) is 1. The van der Waals surface area contributed by atoms with Crippen LogP contribution in [-0.4, -0.2) is 36.0 Å². The first kappa shape index (κ1) is 9.79. The molecule has 14 heavy (non-hydrogen) atoms. The molecule has 1 fully saturated rings. The van der Waals surface area contributed by atoms with Gasteiger partial charge in [0.15, 0.2) is 5.17 Å². The molecule has 0 aliphatic carbocycles. The molecule has 2 aliphatic heterocycles. The van der Waals surface area contributed by atoms with E-state index in [1.807, 2.05) is 0 Å². The van der Waals surface area contributed by atoms with Gasteiger partial charge < -0.3 is 5.32 Å². The highest BCUT2D eigenvalue weighted by Crippen LogP contribution is 2.16. The molecule has 0 aromatic rings. The van der Waals surface area contributed by atoms with Crippen LogP contribution in [0.15, 0.2) is 4.99 Å². The van der Waals surface area contributed by atoms with Crippen molar-refractivity contribution in [2.75, 3.05) is 18.9 Å². The first-order valence-corrected chi connectivity index (χ1v) is 5.59. The number of nitrogens with one attached hydrogen (secondary N) is 2. The van der Waals surface area contributed by atoms with Gasteiger partial charge in [-0.1, -0.05) is 18.7 Å². The van der Waals surface area contributed by atoms with Crippen LogP contribution in [-0.2, 0) is 9.63 Å². The second-order valence-corrected chi connectivity index (χ2v) is 4.54. The first-order chi connectivity index (χ1) is 6.75. The fourth-order valence-corrected chi connectivity index (χ4v) is 2.18. The molecular formula is C8H13N3O2S. The Morgan fingerprint density at radius 2 is 2.57 bits per heavy atom. The van der Waals surface area contributed by atoms with Crippen molar-refractivity contribution < 1.29 is 9.63 Å². The van der Waals surface area contributed by atoms with Gasteiger partial charge in [0.1, 0.15) is 12.6 Å². The van der Waals surface area contributed by atoms with E-state index >= 15 is 0 Å². The van der Waals surface area contributed by atoms with Gasteiger partial charge in [0.05, 0.1) is 0 Å². The van der Waals surface area contributed by atoms with E-state index in [0.29, 0.717) is 12.5 Å². The fraction of sp³-hybridized carbons (Fsp3) is 0.750. The smallest absolute Gasteiger partial charge is 0.268 e. The predicted octanol–water partition coefficient (Wildman–Crippen LogP) is -0.255. The third kappa shape index (κ3) is 2.19. The summed E-state index contributed by atoms with van der Waals surface area (Å²) in [7, 11) is 0. The molecule has 2 atom stereocenters. The second-order valence-electron chi connectivity index (χ2n) is 3.54. The van der Waals surface area contributed by atoms with E-state index in [-0.39, 0.29) is 11.9 Å². The van der Waals surface area contributed by atoms with Gasteiger partial charge in [0.25, 0.3) is 5.91 Å². The Morgan fingerprint density at radius 3 is 3.14 bits per heavy atom. The van der Waals surface area contributed by atoms with Gasteiger partial charge in [0.2, 0.25) is 0 Å². The average molecular weight is 215 g/mol. The molecule has 0 aromatic carbocycles. The Hall–Kier alpha value is -0.750. The molecule has 2 rings (SSSR count). The number of amidine groups is 1. The van der Waals surface area contributed by atoms with Crippen molar-refractivity contribution in [1.82, 2.24) is 10.8 Å². The lowest BCUT2D eigenvalue weighted by molar-refractivity contribution is -0.124. The number of carbonyl (C=O) groups is 1. The minimum atomic E-state index is -0.283. The molecule has 2 N–H and O–H groups in total. The minimum absolute atomic E-state index is 0.119. The number of thioether (sulfide) groups is 1. The first-order valence-electron chi connectivity index (χ1n) is 4.61. The van der Waals surface area contributed by atoms with Gasteiger partial charge in [-0.2, -0.15) is 0 Å². The van der Waals surface area contributed by atoms with E-state index in [1.54, 1.807) is 11.8 Å². The second kappa shape index (κ2) is 4.18. The molecule has 1 saturated heterocycles. The number of aliphatic imine (C=N–C) groups is 1. The van der Waals surface area contributed by atoms with Crippen molar-refractivity contribution in [2.45, 2.75) is 13.0 Å². The highest BCUT2D eigenvalue weighted by atomic mass is 32.2. The Balaban J connectivity index is 1.88. The monoisotopic (exact) mass is 215 g/mol. The van der Waals surface area contributed by atoms with E-state index in [2.05, 4.69) is 22.7 Å². The van der Waals surface area contributed by atoms with Crippen LogP contribution in [0.25, 0.3) is 0 Å². The van der Waals surface area contributed by atoms with Gasteiger partial charge in [-0.15, -0.1) is 0 Å². The maximum atomic E-state index is 11.1. The summed E-state index contributed by atoms with van der Waals surface area (Å²) in [6.45, 7) is 3.37. The van der Waals surface area contributed by atoms with E-state index in [4.69, 9.17) is 4.84 Å². The number of rotatable bonds is 1. The molecule has 0 bridgehead atoms. The maximum absolute atomic E-state index is 11.1. The van der Waals surface area contributed by atoms with Crippen LogP contribution in [0.5, 0.6) is 0 Å². The number of amides is 1. The summed E-state index contributed by atoms with van der Waals surface area (Å²) in [5.74, 6) is 1.56. The summed E-state index contributed by atoms with van der Waals surface area (Å²) in [5.41, 5.74) is 2.30. The Kier molecular flexibility index (Phi) is 2.93. The topological polar surface area (TPSA) is 62.7 Å². The normalized spacial score (nSPS) is 32.4. The van der Waals surface area contributed by atoms with Gasteiger partial charge in [0, 0.05) is 12.3 Å². The highest BCUT2D eigenvalue weighted by Gasteiger charge is 2.27. The number of carbonyl (C=O) groups excluding carboxylic acids is 1. The van der Waals surface area contributed by atoms with Crippen LogP contribution < -0.4 is 10.8 Å². The quantitative estimate of drug-likeness (QED) is 0.633. The summed E-state index contributed by atoms with van der Waals surface area (Å²) in [4.78, 5) is 20.3. The van der Waals surface area contributed by atoms with E-state index < -0.39 is 0 Å². The van der Waals surface area contributed by atoms with Crippen LogP contribution in [0, 0.1) is 5.92 Å². The zero-order valence-corrected chi connectivity index (χ0v) is 8.76. The molecule has 2 unspecified atom stereocenters. The summed E-state index contributed by atoms with van der Waals surface area (Å²) in [5, 5.41) is 3.92. The minimum Gasteiger partial charge on any atom is -0.351 e.